The molecular formula is C22H36N4O3. The topological polar surface area (TPSA) is 73.0 Å². The van der Waals surface area contributed by atoms with Crippen LogP contribution in [0.15, 0.2) is 0 Å². The van der Waals surface area contributed by atoms with Crippen molar-refractivity contribution in [3.05, 3.63) is 0 Å². The number of rotatable bonds is 6. The van der Waals surface area contributed by atoms with Crippen LogP contribution < -0.4 is 5.32 Å². The minimum atomic E-state index is -0.409. The lowest BCUT2D eigenvalue weighted by Crippen LogP contribution is -2.49. The van der Waals surface area contributed by atoms with Gasteiger partial charge in [0.2, 0.25) is 17.7 Å². The van der Waals surface area contributed by atoms with Gasteiger partial charge in [-0.3, -0.25) is 14.4 Å². The van der Waals surface area contributed by atoms with Crippen LogP contribution in [-0.2, 0) is 14.4 Å². The molecule has 29 heavy (non-hydrogen) atoms. The van der Waals surface area contributed by atoms with E-state index >= 15 is 0 Å². The van der Waals surface area contributed by atoms with E-state index in [2.05, 4.69) is 19.2 Å². The molecular weight excluding hydrogens is 368 g/mol. The van der Waals surface area contributed by atoms with Crippen molar-refractivity contribution in [3.63, 3.8) is 0 Å². The van der Waals surface area contributed by atoms with Crippen molar-refractivity contribution in [2.45, 2.75) is 64.5 Å². The van der Waals surface area contributed by atoms with Gasteiger partial charge < -0.3 is 20.0 Å². The molecule has 0 radical (unpaired) electrons. The summed E-state index contributed by atoms with van der Waals surface area (Å²) in [4.78, 5) is 45.2. The van der Waals surface area contributed by atoms with E-state index in [-0.39, 0.29) is 35.6 Å². The lowest BCUT2D eigenvalue weighted by molar-refractivity contribution is -0.144. The second-order valence-corrected chi connectivity index (χ2v) is 9.76. The van der Waals surface area contributed by atoms with E-state index in [0.29, 0.717) is 32.0 Å². The standard InChI is InChI=1S/C22H36N4O3/c1-15(2)13-25(20(27)16-4-5-16)18-12-19(26(14-18)21(28)17-6-7-17)22(29)24-10-3-8-23-9-11-24/h15-19,23H,3-14H2,1-2H3. The van der Waals surface area contributed by atoms with Crippen molar-refractivity contribution in [2.75, 3.05) is 39.3 Å². The lowest BCUT2D eigenvalue weighted by Gasteiger charge is -2.31. The van der Waals surface area contributed by atoms with Crippen LogP contribution in [0, 0.1) is 17.8 Å². The molecule has 2 saturated heterocycles. The van der Waals surface area contributed by atoms with Gasteiger partial charge in [0.05, 0.1) is 6.04 Å². The highest BCUT2D eigenvalue weighted by Crippen LogP contribution is 2.37. The van der Waals surface area contributed by atoms with E-state index in [9.17, 15) is 14.4 Å². The molecule has 4 aliphatic rings. The van der Waals surface area contributed by atoms with Crippen LogP contribution in [0.1, 0.15) is 52.4 Å². The summed E-state index contributed by atoms with van der Waals surface area (Å²) < 4.78 is 0. The molecule has 2 saturated carbocycles. The molecule has 162 valence electrons. The van der Waals surface area contributed by atoms with Crippen molar-refractivity contribution in [3.8, 4) is 0 Å². The molecule has 1 N–H and O–H groups in total. The molecule has 0 spiro atoms. The average molecular weight is 405 g/mol. The maximum atomic E-state index is 13.4. The number of hydrogen-bond acceptors (Lipinski definition) is 4. The SMILES string of the molecule is CC(C)CN(C(=O)C1CC1)C1CC(C(=O)N2CCCNCC2)N(C(=O)C2CC2)C1. The summed E-state index contributed by atoms with van der Waals surface area (Å²) in [6.07, 6.45) is 5.36. The predicted octanol–water partition coefficient (Wildman–Crippen LogP) is 1.08. The zero-order chi connectivity index (χ0) is 20.5. The molecule has 7 nitrogen and oxygen atoms in total. The maximum absolute atomic E-state index is 13.4. The first-order chi connectivity index (χ1) is 14.0. The van der Waals surface area contributed by atoms with Gasteiger partial charge in [0.25, 0.3) is 0 Å². The van der Waals surface area contributed by atoms with Crippen molar-refractivity contribution in [1.82, 2.24) is 20.0 Å². The molecule has 2 aliphatic heterocycles. The molecule has 2 heterocycles. The van der Waals surface area contributed by atoms with Crippen LogP contribution in [0.25, 0.3) is 0 Å². The molecule has 0 aromatic carbocycles. The zero-order valence-electron chi connectivity index (χ0n) is 17.9. The van der Waals surface area contributed by atoms with Crippen LogP contribution in [0.2, 0.25) is 0 Å². The van der Waals surface area contributed by atoms with Crippen LogP contribution in [-0.4, -0.2) is 83.8 Å². The summed E-state index contributed by atoms with van der Waals surface area (Å²) in [6.45, 7) is 8.66. The summed E-state index contributed by atoms with van der Waals surface area (Å²) in [5.41, 5.74) is 0. The highest BCUT2D eigenvalue weighted by atomic mass is 16.2. The molecule has 2 unspecified atom stereocenters. The second-order valence-electron chi connectivity index (χ2n) is 9.76. The van der Waals surface area contributed by atoms with E-state index in [1.54, 1.807) is 0 Å². The normalized spacial score (nSPS) is 27.8. The first kappa shape index (κ1) is 20.6. The van der Waals surface area contributed by atoms with Crippen molar-refractivity contribution < 1.29 is 14.4 Å². The first-order valence-electron chi connectivity index (χ1n) is 11.6. The monoisotopic (exact) mass is 404 g/mol. The van der Waals surface area contributed by atoms with Gasteiger partial charge >= 0.3 is 0 Å². The van der Waals surface area contributed by atoms with E-state index in [0.717, 1.165) is 51.7 Å². The zero-order valence-corrected chi connectivity index (χ0v) is 17.9. The summed E-state index contributed by atoms with van der Waals surface area (Å²) in [5.74, 6) is 1.06. The highest BCUT2D eigenvalue weighted by Gasteiger charge is 2.48. The van der Waals surface area contributed by atoms with Crippen molar-refractivity contribution in [2.24, 2.45) is 17.8 Å². The number of amides is 3. The van der Waals surface area contributed by atoms with E-state index in [1.807, 2.05) is 14.7 Å². The fourth-order valence-corrected chi connectivity index (χ4v) is 4.74. The van der Waals surface area contributed by atoms with Gasteiger partial charge in [-0.15, -0.1) is 0 Å². The number of carbonyl (C=O) groups excluding carboxylic acids is 3. The third-order valence-corrected chi connectivity index (χ3v) is 6.64. The number of likely N-dealkylation sites (tertiary alicyclic amines) is 1. The molecule has 0 aromatic heterocycles. The smallest absolute Gasteiger partial charge is 0.245 e. The number of hydrogen-bond donors (Lipinski definition) is 1. The number of nitrogens with zero attached hydrogens (tertiary/aromatic N) is 3. The highest BCUT2D eigenvalue weighted by molar-refractivity contribution is 5.90. The molecule has 0 aromatic rings. The Balaban J connectivity index is 1.52. The number of carbonyl (C=O) groups is 3. The van der Waals surface area contributed by atoms with Gasteiger partial charge in [0, 0.05) is 44.6 Å². The van der Waals surface area contributed by atoms with Gasteiger partial charge in [-0.25, -0.2) is 0 Å². The van der Waals surface area contributed by atoms with Crippen LogP contribution >= 0.6 is 0 Å². The molecule has 4 fully saturated rings. The van der Waals surface area contributed by atoms with E-state index in [4.69, 9.17) is 0 Å². The van der Waals surface area contributed by atoms with Crippen molar-refractivity contribution >= 4 is 17.7 Å². The van der Waals surface area contributed by atoms with Gasteiger partial charge in [0.1, 0.15) is 6.04 Å². The molecule has 2 atom stereocenters. The van der Waals surface area contributed by atoms with Crippen molar-refractivity contribution in [1.29, 1.82) is 0 Å². The molecule has 0 bridgehead atoms. The maximum Gasteiger partial charge on any atom is 0.245 e. The number of nitrogens with one attached hydrogen (secondary N) is 1. The Kier molecular flexibility index (Phi) is 6.13. The Morgan fingerprint density at radius 1 is 1.00 bits per heavy atom. The second kappa shape index (κ2) is 8.62. The van der Waals surface area contributed by atoms with Gasteiger partial charge in [-0.2, -0.15) is 0 Å². The summed E-state index contributed by atoms with van der Waals surface area (Å²) >= 11 is 0. The van der Waals surface area contributed by atoms with E-state index < -0.39 is 6.04 Å². The third-order valence-electron chi connectivity index (χ3n) is 6.64. The molecule has 4 rings (SSSR count). The van der Waals surface area contributed by atoms with Gasteiger partial charge in [0.15, 0.2) is 0 Å². The Labute approximate surface area is 174 Å². The average Bonchev–Trinajstić information content (AvgIpc) is 3.58. The van der Waals surface area contributed by atoms with E-state index in [1.165, 1.54) is 0 Å². The van der Waals surface area contributed by atoms with Gasteiger partial charge in [-0.1, -0.05) is 13.8 Å². The first-order valence-corrected chi connectivity index (χ1v) is 11.6. The lowest BCUT2D eigenvalue weighted by atomic mass is 10.1. The van der Waals surface area contributed by atoms with Crippen LogP contribution in [0.4, 0.5) is 0 Å². The molecule has 3 amide bonds. The van der Waals surface area contributed by atoms with Crippen LogP contribution in [0.3, 0.4) is 0 Å². The molecule has 2 aliphatic carbocycles. The summed E-state index contributed by atoms with van der Waals surface area (Å²) in [6, 6.07) is -0.444. The Bertz CT molecular complexity index is 636. The Morgan fingerprint density at radius 3 is 2.38 bits per heavy atom. The fourth-order valence-electron chi connectivity index (χ4n) is 4.74. The molecule has 7 heteroatoms. The largest absolute Gasteiger partial charge is 0.340 e. The van der Waals surface area contributed by atoms with Gasteiger partial charge in [-0.05, 0) is 51.0 Å². The fraction of sp³-hybridized carbons (Fsp3) is 0.864. The third kappa shape index (κ3) is 4.76. The predicted molar refractivity (Wildman–Crippen MR) is 110 cm³/mol. The summed E-state index contributed by atoms with van der Waals surface area (Å²) in [5, 5.41) is 3.34. The summed E-state index contributed by atoms with van der Waals surface area (Å²) in [7, 11) is 0. The quantitative estimate of drug-likeness (QED) is 0.719. The Hall–Kier alpha value is -1.63. The minimum absolute atomic E-state index is 0.0350. The van der Waals surface area contributed by atoms with Crippen LogP contribution in [0.5, 0.6) is 0 Å². The Morgan fingerprint density at radius 2 is 1.72 bits per heavy atom. The minimum Gasteiger partial charge on any atom is -0.340 e.